The van der Waals surface area contributed by atoms with Gasteiger partial charge < -0.3 is 4.74 Å². The van der Waals surface area contributed by atoms with E-state index in [1.54, 1.807) is 49.4 Å². The molecular formula is C22H24BrN3O5S. The van der Waals surface area contributed by atoms with Gasteiger partial charge in [0.25, 0.3) is 15.9 Å². The third kappa shape index (κ3) is 5.74. The van der Waals surface area contributed by atoms with Crippen LogP contribution >= 0.6 is 15.9 Å². The van der Waals surface area contributed by atoms with E-state index in [0.717, 1.165) is 15.2 Å². The van der Waals surface area contributed by atoms with Crippen molar-refractivity contribution in [3.63, 3.8) is 0 Å². The fourth-order valence-corrected chi connectivity index (χ4v) is 5.11. The van der Waals surface area contributed by atoms with E-state index >= 15 is 0 Å². The number of sulfonamides is 1. The summed E-state index contributed by atoms with van der Waals surface area (Å²) in [6.45, 7) is 1.53. The fourth-order valence-electron chi connectivity index (χ4n) is 3.40. The molecule has 1 aliphatic rings. The first kappa shape index (κ1) is 23.9. The molecule has 32 heavy (non-hydrogen) atoms. The molecule has 1 amide bonds. The van der Waals surface area contributed by atoms with Crippen molar-refractivity contribution in [1.82, 2.24) is 5.43 Å². The van der Waals surface area contributed by atoms with Crippen molar-refractivity contribution in [2.75, 3.05) is 17.5 Å². The van der Waals surface area contributed by atoms with Gasteiger partial charge in [0, 0.05) is 4.47 Å². The molecule has 2 aromatic carbocycles. The quantitative estimate of drug-likeness (QED) is 0.422. The van der Waals surface area contributed by atoms with Crippen LogP contribution < -0.4 is 9.73 Å². The molecule has 0 saturated heterocycles. The molecular weight excluding hydrogens is 498 g/mol. The number of anilines is 1. The van der Waals surface area contributed by atoms with Crippen molar-refractivity contribution in [2.24, 2.45) is 11.0 Å². The van der Waals surface area contributed by atoms with Crippen LogP contribution in [0, 0.1) is 5.92 Å². The summed E-state index contributed by atoms with van der Waals surface area (Å²) in [5.74, 6) is -1.46. The number of hydrazone groups is 1. The van der Waals surface area contributed by atoms with E-state index in [9.17, 15) is 18.0 Å². The lowest BCUT2D eigenvalue weighted by Crippen LogP contribution is -2.40. The van der Waals surface area contributed by atoms with Crippen LogP contribution in [0.1, 0.15) is 26.2 Å². The van der Waals surface area contributed by atoms with E-state index in [1.807, 2.05) is 0 Å². The van der Waals surface area contributed by atoms with Gasteiger partial charge in [-0.15, -0.1) is 0 Å². The number of carbonyl (C=O) groups excluding carboxylic acids is 2. The Balaban J connectivity index is 1.81. The summed E-state index contributed by atoms with van der Waals surface area (Å²) in [7, 11) is -4.00. The first-order valence-electron chi connectivity index (χ1n) is 10.2. The molecule has 1 aliphatic carbocycles. The Morgan fingerprint density at radius 3 is 2.50 bits per heavy atom. The molecule has 1 unspecified atom stereocenters. The molecule has 0 bridgehead atoms. The summed E-state index contributed by atoms with van der Waals surface area (Å²) in [6, 6.07) is 14.5. The molecule has 3 rings (SSSR count). The van der Waals surface area contributed by atoms with Gasteiger partial charge in [-0.25, -0.2) is 13.8 Å². The molecule has 8 nitrogen and oxygen atoms in total. The maximum absolute atomic E-state index is 13.3. The summed E-state index contributed by atoms with van der Waals surface area (Å²) in [4.78, 5) is 24.8. The number of hydrogen-bond donors (Lipinski definition) is 1. The molecule has 0 spiro atoms. The number of amides is 1. The SMILES string of the molecule is CCOC(=O)C1CCC/C1=N\NC(=O)CN(c1ccc(Br)cc1)S(=O)(=O)c1ccccc1. The van der Waals surface area contributed by atoms with Gasteiger partial charge >= 0.3 is 5.97 Å². The smallest absolute Gasteiger partial charge is 0.314 e. The number of nitrogens with one attached hydrogen (secondary N) is 1. The van der Waals surface area contributed by atoms with E-state index in [1.165, 1.54) is 12.1 Å². The molecule has 10 heteroatoms. The molecule has 1 saturated carbocycles. The maximum Gasteiger partial charge on any atom is 0.314 e. The van der Waals surface area contributed by atoms with Gasteiger partial charge in [-0.1, -0.05) is 34.1 Å². The number of hydrogen-bond acceptors (Lipinski definition) is 6. The van der Waals surface area contributed by atoms with Crippen molar-refractivity contribution in [2.45, 2.75) is 31.1 Å². The number of nitrogens with zero attached hydrogens (tertiary/aromatic N) is 2. The fraction of sp³-hybridized carbons (Fsp3) is 0.318. The van der Waals surface area contributed by atoms with Gasteiger partial charge in [-0.05, 0) is 62.6 Å². The first-order valence-corrected chi connectivity index (χ1v) is 12.4. The zero-order valence-electron chi connectivity index (χ0n) is 17.5. The minimum atomic E-state index is -4.00. The Morgan fingerprint density at radius 1 is 1.16 bits per heavy atom. The van der Waals surface area contributed by atoms with Crippen LogP contribution in [0.15, 0.2) is 69.1 Å². The lowest BCUT2D eigenvalue weighted by molar-refractivity contribution is -0.145. The molecule has 0 aromatic heterocycles. The molecule has 1 atom stereocenters. The van der Waals surface area contributed by atoms with Crippen LogP contribution in [0.2, 0.25) is 0 Å². The molecule has 0 aliphatic heterocycles. The Hall–Kier alpha value is -2.72. The van der Waals surface area contributed by atoms with Gasteiger partial charge in [0.05, 0.1) is 28.8 Å². The van der Waals surface area contributed by atoms with Crippen LogP contribution in [-0.2, 0) is 24.3 Å². The number of carbonyl (C=O) groups is 2. The normalized spacial score (nSPS) is 17.2. The predicted octanol–water partition coefficient (Wildman–Crippen LogP) is 3.48. The zero-order chi connectivity index (χ0) is 23.1. The van der Waals surface area contributed by atoms with Gasteiger partial charge in [0.15, 0.2) is 0 Å². The monoisotopic (exact) mass is 521 g/mol. The second-order valence-corrected chi connectivity index (χ2v) is 9.91. The van der Waals surface area contributed by atoms with Crippen LogP contribution in [-0.4, -0.2) is 39.2 Å². The van der Waals surface area contributed by atoms with Gasteiger partial charge in [0.1, 0.15) is 6.54 Å². The van der Waals surface area contributed by atoms with Crippen molar-refractivity contribution < 1.29 is 22.7 Å². The molecule has 1 N–H and O–H groups in total. The van der Waals surface area contributed by atoms with Crippen LogP contribution in [0.5, 0.6) is 0 Å². The highest BCUT2D eigenvalue weighted by Crippen LogP contribution is 2.26. The number of benzene rings is 2. The third-order valence-electron chi connectivity index (χ3n) is 4.96. The molecule has 170 valence electrons. The van der Waals surface area contributed by atoms with E-state index in [0.29, 0.717) is 24.2 Å². The standard InChI is InChI=1S/C22H24BrN3O5S/c1-2-31-22(28)19-9-6-10-20(19)24-25-21(27)15-26(17-13-11-16(23)12-14-17)32(29,30)18-7-4-3-5-8-18/h3-5,7-8,11-14,19H,2,6,9-10,15H2,1H3,(H,25,27)/b24-20+. The first-order chi connectivity index (χ1) is 15.3. The van der Waals surface area contributed by atoms with E-state index in [2.05, 4.69) is 26.5 Å². The molecule has 2 aromatic rings. The third-order valence-corrected chi connectivity index (χ3v) is 7.27. The Labute approximate surface area is 195 Å². The molecule has 0 heterocycles. The topological polar surface area (TPSA) is 105 Å². The Bertz CT molecular complexity index is 1090. The lowest BCUT2D eigenvalue weighted by atomic mass is 10.1. The predicted molar refractivity (Wildman–Crippen MR) is 125 cm³/mol. The summed E-state index contributed by atoms with van der Waals surface area (Å²) < 4.78 is 33.4. The largest absolute Gasteiger partial charge is 0.465 e. The van der Waals surface area contributed by atoms with E-state index in [-0.39, 0.29) is 17.5 Å². The van der Waals surface area contributed by atoms with Crippen molar-refractivity contribution in [3.8, 4) is 0 Å². The van der Waals surface area contributed by atoms with Crippen molar-refractivity contribution >= 4 is 49.2 Å². The maximum atomic E-state index is 13.3. The molecule has 0 radical (unpaired) electrons. The van der Waals surface area contributed by atoms with E-state index < -0.39 is 28.4 Å². The summed E-state index contributed by atoms with van der Waals surface area (Å²) in [6.07, 6.45) is 1.95. The van der Waals surface area contributed by atoms with Crippen LogP contribution in [0.25, 0.3) is 0 Å². The van der Waals surface area contributed by atoms with Crippen molar-refractivity contribution in [1.29, 1.82) is 0 Å². The highest BCUT2D eigenvalue weighted by atomic mass is 79.9. The van der Waals surface area contributed by atoms with Crippen molar-refractivity contribution in [3.05, 3.63) is 59.1 Å². The number of ether oxygens (including phenoxy) is 1. The average Bonchev–Trinajstić information content (AvgIpc) is 3.26. The zero-order valence-corrected chi connectivity index (χ0v) is 19.9. The molecule has 1 fully saturated rings. The van der Waals surface area contributed by atoms with E-state index in [4.69, 9.17) is 4.74 Å². The van der Waals surface area contributed by atoms with Gasteiger partial charge in [0.2, 0.25) is 0 Å². The van der Waals surface area contributed by atoms with Crippen LogP contribution in [0.4, 0.5) is 5.69 Å². The minimum absolute atomic E-state index is 0.0696. The summed E-state index contributed by atoms with van der Waals surface area (Å²) in [5.41, 5.74) is 3.29. The minimum Gasteiger partial charge on any atom is -0.465 e. The summed E-state index contributed by atoms with van der Waals surface area (Å²) >= 11 is 3.33. The average molecular weight is 522 g/mol. The lowest BCUT2D eigenvalue weighted by Gasteiger charge is -2.23. The highest BCUT2D eigenvalue weighted by molar-refractivity contribution is 9.10. The van der Waals surface area contributed by atoms with Gasteiger partial charge in [-0.3, -0.25) is 13.9 Å². The number of rotatable bonds is 8. The van der Waals surface area contributed by atoms with Gasteiger partial charge in [-0.2, -0.15) is 5.10 Å². The second kappa shape index (κ2) is 10.7. The van der Waals surface area contributed by atoms with Crippen LogP contribution in [0.3, 0.4) is 0 Å². The number of halogens is 1. The highest BCUT2D eigenvalue weighted by Gasteiger charge is 2.31. The Kier molecular flexibility index (Phi) is 8.03. The Morgan fingerprint density at radius 2 is 1.84 bits per heavy atom. The second-order valence-electron chi connectivity index (χ2n) is 7.14. The number of esters is 1. The summed E-state index contributed by atoms with van der Waals surface area (Å²) in [5, 5.41) is 4.11.